The van der Waals surface area contributed by atoms with Crippen LogP contribution in [-0.4, -0.2) is 28.9 Å². The molecule has 126 valence electrons. The van der Waals surface area contributed by atoms with Gasteiger partial charge in [0.25, 0.3) is 0 Å². The minimum atomic E-state index is -4.51. The number of carbonyl (C=O) groups is 2. The third-order valence-corrected chi connectivity index (χ3v) is 3.92. The highest BCUT2D eigenvalue weighted by Gasteiger charge is 2.31. The molecule has 0 saturated heterocycles. The Morgan fingerprint density at radius 2 is 1.96 bits per heavy atom. The van der Waals surface area contributed by atoms with Gasteiger partial charge in [-0.15, -0.1) is 0 Å². The first-order valence-corrected chi connectivity index (χ1v) is 7.45. The van der Waals surface area contributed by atoms with E-state index in [9.17, 15) is 27.9 Å². The molecule has 7 heteroatoms. The van der Waals surface area contributed by atoms with Gasteiger partial charge in [-0.25, -0.2) is 0 Å². The highest BCUT2D eigenvalue weighted by atomic mass is 19.4. The van der Waals surface area contributed by atoms with Gasteiger partial charge in [0, 0.05) is 18.4 Å². The Kier molecular flexibility index (Phi) is 5.41. The van der Waals surface area contributed by atoms with Crippen molar-refractivity contribution in [2.45, 2.75) is 50.4 Å². The fraction of sp³-hybridized carbons (Fsp3) is 0.500. The van der Waals surface area contributed by atoms with Crippen molar-refractivity contribution in [2.75, 3.05) is 0 Å². The van der Waals surface area contributed by atoms with Crippen LogP contribution in [-0.2, 0) is 11.0 Å². The van der Waals surface area contributed by atoms with Crippen LogP contribution in [0.3, 0.4) is 0 Å². The third kappa shape index (κ3) is 4.79. The lowest BCUT2D eigenvalue weighted by atomic mass is 10.0. The van der Waals surface area contributed by atoms with Gasteiger partial charge in [-0.2, -0.15) is 13.2 Å². The average molecular weight is 329 g/mol. The van der Waals surface area contributed by atoms with Gasteiger partial charge in [0.1, 0.15) is 0 Å². The molecule has 23 heavy (non-hydrogen) atoms. The van der Waals surface area contributed by atoms with Gasteiger partial charge in [-0.05, 0) is 31.4 Å². The Bertz CT molecular complexity index is 586. The van der Waals surface area contributed by atoms with Crippen molar-refractivity contribution >= 4 is 11.7 Å². The number of halogens is 3. The molecule has 1 fully saturated rings. The van der Waals surface area contributed by atoms with Gasteiger partial charge in [0.2, 0.25) is 5.91 Å². The van der Waals surface area contributed by atoms with Crippen molar-refractivity contribution in [1.82, 2.24) is 5.32 Å². The number of Topliss-reactive ketones (excluding diaryl/α,β-unsaturated/α-hetero) is 1. The molecule has 2 atom stereocenters. The van der Waals surface area contributed by atoms with E-state index in [1.807, 2.05) is 0 Å². The minimum absolute atomic E-state index is 0.0615. The maximum Gasteiger partial charge on any atom is 0.416 e. The van der Waals surface area contributed by atoms with Crippen LogP contribution >= 0.6 is 0 Å². The van der Waals surface area contributed by atoms with Gasteiger partial charge in [0.15, 0.2) is 5.78 Å². The molecule has 0 radical (unpaired) electrons. The van der Waals surface area contributed by atoms with E-state index in [1.54, 1.807) is 0 Å². The number of alkyl halides is 3. The highest BCUT2D eigenvalue weighted by Crippen LogP contribution is 2.29. The smallest absolute Gasteiger partial charge is 0.391 e. The molecule has 2 rings (SSSR count). The summed E-state index contributed by atoms with van der Waals surface area (Å²) in [7, 11) is 0. The predicted molar refractivity (Wildman–Crippen MR) is 76.8 cm³/mol. The first kappa shape index (κ1) is 17.5. The van der Waals surface area contributed by atoms with Crippen LogP contribution < -0.4 is 5.32 Å². The van der Waals surface area contributed by atoms with Gasteiger partial charge in [-0.3, -0.25) is 9.59 Å². The van der Waals surface area contributed by atoms with E-state index in [4.69, 9.17) is 0 Å². The summed E-state index contributed by atoms with van der Waals surface area (Å²) in [5, 5.41) is 12.3. The molecule has 0 heterocycles. The van der Waals surface area contributed by atoms with Crippen LogP contribution in [0.25, 0.3) is 0 Å². The molecule has 0 aliphatic heterocycles. The first-order chi connectivity index (χ1) is 10.8. The fourth-order valence-corrected chi connectivity index (χ4v) is 2.63. The molecule has 0 aromatic heterocycles. The number of nitrogens with one attached hydrogen (secondary N) is 1. The minimum Gasteiger partial charge on any atom is -0.391 e. The average Bonchev–Trinajstić information content (AvgIpc) is 2.89. The number of aliphatic hydroxyl groups is 1. The van der Waals surface area contributed by atoms with Gasteiger partial charge in [-0.1, -0.05) is 12.1 Å². The normalized spacial score (nSPS) is 21.2. The van der Waals surface area contributed by atoms with Gasteiger partial charge < -0.3 is 10.4 Å². The predicted octanol–water partition coefficient (Wildman–Crippen LogP) is 2.70. The molecule has 1 aromatic carbocycles. The molecule has 0 bridgehead atoms. The second-order valence-electron chi connectivity index (χ2n) is 5.67. The summed E-state index contributed by atoms with van der Waals surface area (Å²) in [6.45, 7) is 0. The topological polar surface area (TPSA) is 66.4 Å². The number of carbonyl (C=O) groups excluding carboxylic acids is 2. The molecule has 0 unspecified atom stereocenters. The Balaban J connectivity index is 1.88. The quantitative estimate of drug-likeness (QED) is 0.816. The molecular weight excluding hydrogens is 311 g/mol. The van der Waals surface area contributed by atoms with Crippen LogP contribution in [0.1, 0.15) is 48.0 Å². The lowest BCUT2D eigenvalue weighted by molar-refractivity contribution is -0.137. The summed E-state index contributed by atoms with van der Waals surface area (Å²) in [5.41, 5.74) is -0.949. The second kappa shape index (κ2) is 7.12. The lowest BCUT2D eigenvalue weighted by Crippen LogP contribution is -2.39. The second-order valence-corrected chi connectivity index (χ2v) is 5.67. The summed E-state index contributed by atoms with van der Waals surface area (Å²) in [6.07, 6.45) is -3.21. The molecule has 2 N–H and O–H groups in total. The third-order valence-electron chi connectivity index (χ3n) is 3.92. The first-order valence-electron chi connectivity index (χ1n) is 7.45. The van der Waals surface area contributed by atoms with E-state index < -0.39 is 23.6 Å². The van der Waals surface area contributed by atoms with Crippen molar-refractivity contribution in [1.29, 1.82) is 0 Å². The van der Waals surface area contributed by atoms with Crippen molar-refractivity contribution in [3.8, 4) is 0 Å². The van der Waals surface area contributed by atoms with Gasteiger partial charge >= 0.3 is 6.18 Å². The monoisotopic (exact) mass is 329 g/mol. The zero-order valence-electron chi connectivity index (χ0n) is 12.4. The van der Waals surface area contributed by atoms with Gasteiger partial charge in [0.05, 0.1) is 17.7 Å². The molecule has 4 nitrogen and oxygen atoms in total. The number of amides is 1. The molecule has 1 amide bonds. The maximum absolute atomic E-state index is 12.6. The van der Waals surface area contributed by atoms with Crippen LogP contribution in [0.15, 0.2) is 24.3 Å². The largest absolute Gasteiger partial charge is 0.416 e. The summed E-state index contributed by atoms with van der Waals surface area (Å²) < 4.78 is 37.8. The fourth-order valence-electron chi connectivity index (χ4n) is 2.63. The van der Waals surface area contributed by atoms with Crippen LogP contribution in [0.2, 0.25) is 0 Å². The van der Waals surface area contributed by atoms with Crippen molar-refractivity contribution in [3.05, 3.63) is 35.4 Å². The van der Waals surface area contributed by atoms with E-state index >= 15 is 0 Å². The summed E-state index contributed by atoms with van der Waals surface area (Å²) in [5.74, 6) is -0.894. The Hall–Kier alpha value is -1.89. The Morgan fingerprint density at radius 3 is 2.57 bits per heavy atom. The maximum atomic E-state index is 12.6. The number of ketones is 1. The van der Waals surface area contributed by atoms with Crippen molar-refractivity contribution in [3.63, 3.8) is 0 Å². The summed E-state index contributed by atoms with van der Waals surface area (Å²) in [4.78, 5) is 23.7. The molecule has 1 aromatic rings. The number of aliphatic hydroxyl groups excluding tert-OH is 1. The number of hydrogen-bond donors (Lipinski definition) is 2. The zero-order valence-corrected chi connectivity index (χ0v) is 12.4. The SMILES string of the molecule is O=C(CCC(=O)c1cccc(C(F)(F)F)c1)N[C@H]1CCC[C@@H]1O. The van der Waals surface area contributed by atoms with E-state index in [1.165, 1.54) is 12.1 Å². The molecule has 1 aliphatic carbocycles. The van der Waals surface area contributed by atoms with E-state index in [0.717, 1.165) is 18.6 Å². The van der Waals surface area contributed by atoms with E-state index in [2.05, 4.69) is 5.32 Å². The Morgan fingerprint density at radius 1 is 1.22 bits per heavy atom. The van der Waals surface area contributed by atoms with Crippen molar-refractivity contribution < 1.29 is 27.9 Å². The van der Waals surface area contributed by atoms with E-state index in [-0.39, 0.29) is 30.4 Å². The van der Waals surface area contributed by atoms with Crippen molar-refractivity contribution in [2.24, 2.45) is 0 Å². The standard InChI is InChI=1S/C16H18F3NO3/c17-16(18,19)11-4-1-3-10(9-11)13(21)7-8-15(23)20-12-5-2-6-14(12)22/h1,3-4,9,12,14,22H,2,5-8H2,(H,20,23)/t12-,14-/m0/s1. The van der Waals surface area contributed by atoms with Crippen LogP contribution in [0.4, 0.5) is 13.2 Å². The number of hydrogen-bond acceptors (Lipinski definition) is 3. The molecule has 1 aliphatic rings. The number of rotatable bonds is 5. The van der Waals surface area contributed by atoms with Crippen LogP contribution in [0, 0.1) is 0 Å². The number of benzene rings is 1. The zero-order chi connectivity index (χ0) is 17.0. The Labute approximate surface area is 131 Å². The molecular formula is C16H18F3NO3. The van der Waals surface area contributed by atoms with E-state index in [0.29, 0.717) is 12.8 Å². The highest BCUT2D eigenvalue weighted by molar-refractivity contribution is 5.98. The molecule has 1 saturated carbocycles. The summed E-state index contributed by atoms with van der Waals surface area (Å²) in [6, 6.07) is 3.86. The summed E-state index contributed by atoms with van der Waals surface area (Å²) >= 11 is 0. The molecule has 0 spiro atoms. The lowest BCUT2D eigenvalue weighted by Gasteiger charge is -2.16. The van der Waals surface area contributed by atoms with Crippen LogP contribution in [0.5, 0.6) is 0 Å².